The van der Waals surface area contributed by atoms with E-state index >= 15 is 0 Å². The summed E-state index contributed by atoms with van der Waals surface area (Å²) in [6.07, 6.45) is 2.61. The molecule has 0 saturated carbocycles. The van der Waals surface area contributed by atoms with Gasteiger partial charge in [0.1, 0.15) is 0 Å². The molecule has 0 saturated heterocycles. The number of aryl methyl sites for hydroxylation is 2. The van der Waals surface area contributed by atoms with E-state index in [2.05, 4.69) is 34.2 Å². The van der Waals surface area contributed by atoms with Gasteiger partial charge in [0.25, 0.3) is 0 Å². The number of aromatic nitrogens is 4. The van der Waals surface area contributed by atoms with Crippen molar-refractivity contribution in [3.05, 3.63) is 29.2 Å². The maximum Gasteiger partial charge on any atom is 0.226 e. The summed E-state index contributed by atoms with van der Waals surface area (Å²) in [6, 6.07) is 1.86. The summed E-state index contributed by atoms with van der Waals surface area (Å²) >= 11 is 0. The Morgan fingerprint density at radius 3 is 2.70 bits per heavy atom. The predicted molar refractivity (Wildman–Crippen MR) is 77.9 cm³/mol. The lowest BCUT2D eigenvalue weighted by molar-refractivity contribution is 0.397. The van der Waals surface area contributed by atoms with Gasteiger partial charge in [0.05, 0.1) is 18.8 Å². The van der Waals surface area contributed by atoms with E-state index in [0.717, 1.165) is 17.8 Å². The first-order chi connectivity index (χ1) is 9.56. The van der Waals surface area contributed by atoms with Crippen molar-refractivity contribution in [1.29, 1.82) is 0 Å². The van der Waals surface area contributed by atoms with Crippen molar-refractivity contribution >= 4 is 5.95 Å². The van der Waals surface area contributed by atoms with E-state index in [1.165, 1.54) is 5.56 Å². The van der Waals surface area contributed by atoms with E-state index in [1.807, 2.05) is 18.7 Å². The Morgan fingerprint density at radius 2 is 2.15 bits per heavy atom. The summed E-state index contributed by atoms with van der Waals surface area (Å²) in [6.45, 7) is 6.23. The van der Waals surface area contributed by atoms with Crippen LogP contribution in [0.3, 0.4) is 0 Å². The first kappa shape index (κ1) is 14.3. The zero-order chi connectivity index (χ0) is 14.7. The first-order valence-corrected chi connectivity index (χ1v) is 6.70. The Hall–Kier alpha value is -2.11. The zero-order valence-corrected chi connectivity index (χ0v) is 12.6. The molecule has 20 heavy (non-hydrogen) atoms. The SMILES string of the molecule is CCC(Nc1nccc(OC)n1)c1c(C)nn(C)c1C. The van der Waals surface area contributed by atoms with Crippen LogP contribution < -0.4 is 10.1 Å². The van der Waals surface area contributed by atoms with E-state index in [4.69, 9.17) is 4.74 Å². The third kappa shape index (κ3) is 2.74. The summed E-state index contributed by atoms with van der Waals surface area (Å²) in [5.74, 6) is 1.12. The van der Waals surface area contributed by atoms with Crippen molar-refractivity contribution in [2.45, 2.75) is 33.2 Å². The second kappa shape index (κ2) is 5.90. The van der Waals surface area contributed by atoms with Gasteiger partial charge in [-0.15, -0.1) is 0 Å². The van der Waals surface area contributed by atoms with Crippen LogP contribution in [0.2, 0.25) is 0 Å². The molecule has 6 heteroatoms. The van der Waals surface area contributed by atoms with Crippen LogP contribution in [0.5, 0.6) is 5.88 Å². The number of hydrogen-bond acceptors (Lipinski definition) is 5. The van der Waals surface area contributed by atoms with Gasteiger partial charge in [-0.1, -0.05) is 6.92 Å². The molecule has 0 spiro atoms. The summed E-state index contributed by atoms with van der Waals surface area (Å²) in [7, 11) is 3.55. The highest BCUT2D eigenvalue weighted by Crippen LogP contribution is 2.26. The fourth-order valence-electron chi connectivity index (χ4n) is 2.35. The molecule has 1 unspecified atom stereocenters. The number of hydrogen-bond donors (Lipinski definition) is 1. The highest BCUT2D eigenvalue weighted by Gasteiger charge is 2.19. The second-order valence-corrected chi connectivity index (χ2v) is 4.74. The molecule has 0 aliphatic heterocycles. The number of nitrogens with zero attached hydrogens (tertiary/aromatic N) is 4. The van der Waals surface area contributed by atoms with Crippen molar-refractivity contribution in [2.75, 3.05) is 12.4 Å². The van der Waals surface area contributed by atoms with Gasteiger partial charge >= 0.3 is 0 Å². The van der Waals surface area contributed by atoms with Gasteiger partial charge < -0.3 is 10.1 Å². The summed E-state index contributed by atoms with van der Waals surface area (Å²) < 4.78 is 7.02. The molecule has 0 fully saturated rings. The zero-order valence-electron chi connectivity index (χ0n) is 12.6. The van der Waals surface area contributed by atoms with Gasteiger partial charge in [-0.2, -0.15) is 10.1 Å². The Morgan fingerprint density at radius 1 is 1.40 bits per heavy atom. The number of anilines is 1. The van der Waals surface area contributed by atoms with E-state index in [1.54, 1.807) is 19.4 Å². The van der Waals surface area contributed by atoms with E-state index in [-0.39, 0.29) is 6.04 Å². The van der Waals surface area contributed by atoms with Gasteiger partial charge in [-0.25, -0.2) is 4.98 Å². The third-order valence-electron chi connectivity index (χ3n) is 3.46. The lowest BCUT2D eigenvalue weighted by Crippen LogP contribution is -2.14. The van der Waals surface area contributed by atoms with Crippen LogP contribution in [0, 0.1) is 13.8 Å². The predicted octanol–water partition coefficient (Wildman–Crippen LogP) is 2.40. The molecule has 0 aromatic carbocycles. The minimum atomic E-state index is 0.135. The van der Waals surface area contributed by atoms with Crippen molar-refractivity contribution < 1.29 is 4.74 Å². The maximum absolute atomic E-state index is 5.12. The minimum absolute atomic E-state index is 0.135. The van der Waals surface area contributed by atoms with Crippen molar-refractivity contribution in [3.8, 4) is 5.88 Å². The van der Waals surface area contributed by atoms with Crippen molar-refractivity contribution in [3.63, 3.8) is 0 Å². The quantitative estimate of drug-likeness (QED) is 0.907. The molecule has 2 aromatic heterocycles. The molecule has 0 aliphatic carbocycles. The number of rotatable bonds is 5. The first-order valence-electron chi connectivity index (χ1n) is 6.70. The van der Waals surface area contributed by atoms with Gasteiger partial charge in [0.15, 0.2) is 0 Å². The maximum atomic E-state index is 5.12. The van der Waals surface area contributed by atoms with Gasteiger partial charge in [0, 0.05) is 30.6 Å². The fraction of sp³-hybridized carbons (Fsp3) is 0.500. The van der Waals surface area contributed by atoms with Crippen LogP contribution in [0.1, 0.15) is 36.3 Å². The average molecular weight is 275 g/mol. The molecule has 0 aliphatic rings. The molecule has 1 N–H and O–H groups in total. The third-order valence-corrected chi connectivity index (χ3v) is 3.46. The van der Waals surface area contributed by atoms with Gasteiger partial charge in [-0.05, 0) is 20.3 Å². The number of nitrogens with one attached hydrogen (secondary N) is 1. The topological polar surface area (TPSA) is 64.9 Å². The van der Waals surface area contributed by atoms with E-state index in [9.17, 15) is 0 Å². The Bertz CT molecular complexity index is 593. The minimum Gasteiger partial charge on any atom is -0.481 e. The molecule has 2 heterocycles. The number of ether oxygens (including phenoxy) is 1. The van der Waals surface area contributed by atoms with Crippen LogP contribution >= 0.6 is 0 Å². The lowest BCUT2D eigenvalue weighted by atomic mass is 10.0. The molecule has 6 nitrogen and oxygen atoms in total. The summed E-state index contributed by atoms with van der Waals surface area (Å²) in [5.41, 5.74) is 3.40. The molecule has 2 aromatic rings. The van der Waals surface area contributed by atoms with Crippen LogP contribution in [0.25, 0.3) is 0 Å². The largest absolute Gasteiger partial charge is 0.481 e. The Balaban J connectivity index is 2.28. The normalized spacial score (nSPS) is 12.2. The highest BCUT2D eigenvalue weighted by molar-refractivity contribution is 5.37. The van der Waals surface area contributed by atoms with Crippen LogP contribution in [-0.4, -0.2) is 26.9 Å². The van der Waals surface area contributed by atoms with Crippen molar-refractivity contribution in [1.82, 2.24) is 19.7 Å². The second-order valence-electron chi connectivity index (χ2n) is 4.74. The van der Waals surface area contributed by atoms with Crippen LogP contribution in [-0.2, 0) is 7.05 Å². The molecular weight excluding hydrogens is 254 g/mol. The molecule has 2 rings (SSSR count). The molecule has 0 bridgehead atoms. The van der Waals surface area contributed by atoms with E-state index in [0.29, 0.717) is 11.8 Å². The Kier molecular flexibility index (Phi) is 4.22. The number of methoxy groups -OCH3 is 1. The fourth-order valence-corrected chi connectivity index (χ4v) is 2.35. The Labute approximate surface area is 119 Å². The monoisotopic (exact) mass is 275 g/mol. The van der Waals surface area contributed by atoms with Crippen LogP contribution in [0.4, 0.5) is 5.95 Å². The molecule has 0 amide bonds. The highest BCUT2D eigenvalue weighted by atomic mass is 16.5. The van der Waals surface area contributed by atoms with Crippen LogP contribution in [0.15, 0.2) is 12.3 Å². The summed E-state index contributed by atoms with van der Waals surface area (Å²) in [5, 5.41) is 7.83. The molecule has 0 radical (unpaired) electrons. The lowest BCUT2D eigenvalue weighted by Gasteiger charge is -2.18. The van der Waals surface area contributed by atoms with Gasteiger partial charge in [0.2, 0.25) is 11.8 Å². The molecular formula is C14H21N5O. The van der Waals surface area contributed by atoms with Crippen molar-refractivity contribution in [2.24, 2.45) is 7.05 Å². The molecule has 1 atom stereocenters. The van der Waals surface area contributed by atoms with E-state index < -0.39 is 0 Å². The average Bonchev–Trinajstić information content (AvgIpc) is 2.70. The molecule has 108 valence electrons. The summed E-state index contributed by atoms with van der Waals surface area (Å²) in [4.78, 5) is 8.54. The van der Waals surface area contributed by atoms with Gasteiger partial charge in [-0.3, -0.25) is 4.68 Å². The smallest absolute Gasteiger partial charge is 0.226 e. The standard InChI is InChI=1S/C14H21N5O/c1-6-11(13-9(2)18-19(4)10(13)3)16-14-15-8-7-12(17-14)20-5/h7-8,11H,6H2,1-5H3,(H,15,16,17).